The van der Waals surface area contributed by atoms with Gasteiger partial charge < -0.3 is 9.64 Å². The van der Waals surface area contributed by atoms with Crippen molar-refractivity contribution in [2.24, 2.45) is 0 Å². The first-order valence-corrected chi connectivity index (χ1v) is 6.41. The predicted octanol–water partition coefficient (Wildman–Crippen LogP) is 4.35. The van der Waals surface area contributed by atoms with Gasteiger partial charge >= 0.3 is 6.36 Å². The van der Waals surface area contributed by atoms with Crippen molar-refractivity contribution in [1.29, 1.82) is 0 Å². The third-order valence-electron chi connectivity index (χ3n) is 3.53. The van der Waals surface area contributed by atoms with Crippen molar-refractivity contribution in [3.8, 4) is 5.75 Å². The molecule has 1 fully saturated rings. The fraction of sp³-hybridized carbons (Fsp3) is 0.571. The van der Waals surface area contributed by atoms with Crippen molar-refractivity contribution in [3.05, 3.63) is 24.3 Å². The maximum absolute atomic E-state index is 12.1. The number of anilines is 1. The first kappa shape index (κ1) is 14.0. The number of halogens is 3. The zero-order valence-electron chi connectivity index (χ0n) is 11.1. The zero-order valence-corrected chi connectivity index (χ0v) is 11.1. The quantitative estimate of drug-likeness (QED) is 0.794. The minimum Gasteiger partial charge on any atom is -0.406 e. The Morgan fingerprint density at radius 2 is 1.74 bits per heavy atom. The normalized spacial score (nSPS) is 19.3. The average Bonchev–Trinajstić information content (AvgIpc) is 2.28. The van der Waals surface area contributed by atoms with Crippen LogP contribution < -0.4 is 9.64 Å². The number of hydrogen-bond acceptors (Lipinski definition) is 2. The summed E-state index contributed by atoms with van der Waals surface area (Å²) in [5, 5.41) is 0. The maximum atomic E-state index is 12.1. The standard InChI is InChI=1S/C14H18F3NO/c1-13(2)9-3-4-10-18(13)11-5-7-12(8-6-11)19-14(15,16)17/h5-8H,3-4,9-10H2,1-2H3. The van der Waals surface area contributed by atoms with Crippen LogP contribution in [0.5, 0.6) is 5.75 Å². The SMILES string of the molecule is CC1(C)CCCCN1c1ccc(OC(F)(F)F)cc1. The Morgan fingerprint density at radius 3 is 2.26 bits per heavy atom. The van der Waals surface area contributed by atoms with Crippen molar-refractivity contribution < 1.29 is 17.9 Å². The highest BCUT2D eigenvalue weighted by Crippen LogP contribution is 2.33. The first-order valence-electron chi connectivity index (χ1n) is 6.41. The van der Waals surface area contributed by atoms with Gasteiger partial charge in [0.2, 0.25) is 0 Å². The molecule has 0 unspecified atom stereocenters. The summed E-state index contributed by atoms with van der Waals surface area (Å²) in [6.07, 6.45) is -1.23. The smallest absolute Gasteiger partial charge is 0.406 e. The summed E-state index contributed by atoms with van der Waals surface area (Å²) in [5.74, 6) is -0.175. The van der Waals surface area contributed by atoms with Crippen molar-refractivity contribution >= 4 is 5.69 Å². The van der Waals surface area contributed by atoms with Gasteiger partial charge in [-0.25, -0.2) is 0 Å². The molecule has 0 amide bonds. The Morgan fingerprint density at radius 1 is 1.11 bits per heavy atom. The van der Waals surface area contributed by atoms with Crippen LogP contribution in [0.3, 0.4) is 0 Å². The molecule has 0 atom stereocenters. The van der Waals surface area contributed by atoms with Gasteiger partial charge in [0.1, 0.15) is 5.75 Å². The molecule has 1 heterocycles. The maximum Gasteiger partial charge on any atom is 0.573 e. The van der Waals surface area contributed by atoms with E-state index in [-0.39, 0.29) is 11.3 Å². The number of benzene rings is 1. The lowest BCUT2D eigenvalue weighted by atomic mass is 9.90. The van der Waals surface area contributed by atoms with E-state index in [9.17, 15) is 13.2 Å². The highest BCUT2D eigenvalue weighted by Gasteiger charge is 2.32. The molecule has 0 saturated carbocycles. The van der Waals surface area contributed by atoms with Gasteiger partial charge in [-0.3, -0.25) is 0 Å². The lowest BCUT2D eigenvalue weighted by molar-refractivity contribution is -0.274. The second-order valence-corrected chi connectivity index (χ2v) is 5.46. The molecule has 2 rings (SSSR count). The molecule has 106 valence electrons. The molecule has 0 spiro atoms. The Kier molecular flexibility index (Phi) is 3.65. The van der Waals surface area contributed by atoms with Crippen LogP contribution in [0.15, 0.2) is 24.3 Å². The van der Waals surface area contributed by atoms with Crippen LogP contribution in [0.2, 0.25) is 0 Å². The molecule has 1 saturated heterocycles. The van der Waals surface area contributed by atoms with Crippen LogP contribution in [-0.4, -0.2) is 18.4 Å². The van der Waals surface area contributed by atoms with E-state index in [2.05, 4.69) is 23.5 Å². The fourth-order valence-corrected chi connectivity index (χ4v) is 2.57. The molecule has 1 aliphatic heterocycles. The number of nitrogens with zero attached hydrogens (tertiary/aromatic N) is 1. The summed E-state index contributed by atoms with van der Waals surface area (Å²) in [4.78, 5) is 2.24. The van der Waals surface area contributed by atoms with Gasteiger partial charge in [-0.1, -0.05) is 0 Å². The van der Waals surface area contributed by atoms with E-state index in [1.807, 2.05) is 0 Å². The second-order valence-electron chi connectivity index (χ2n) is 5.46. The van der Waals surface area contributed by atoms with Crippen LogP contribution in [0, 0.1) is 0 Å². The molecule has 5 heteroatoms. The molecule has 19 heavy (non-hydrogen) atoms. The summed E-state index contributed by atoms with van der Waals surface area (Å²) < 4.78 is 40.1. The van der Waals surface area contributed by atoms with Crippen molar-refractivity contribution in [2.45, 2.75) is 45.0 Å². The van der Waals surface area contributed by atoms with Gasteiger partial charge in [0, 0.05) is 17.8 Å². The van der Waals surface area contributed by atoms with Crippen LogP contribution in [0.4, 0.5) is 18.9 Å². The van der Waals surface area contributed by atoms with Crippen molar-refractivity contribution in [1.82, 2.24) is 0 Å². The predicted molar refractivity (Wildman–Crippen MR) is 68.4 cm³/mol. The molecule has 0 bridgehead atoms. The molecular formula is C14H18F3NO. The summed E-state index contributed by atoms with van der Waals surface area (Å²) in [5.41, 5.74) is 0.990. The van der Waals surface area contributed by atoms with Gasteiger partial charge in [-0.15, -0.1) is 13.2 Å². The third-order valence-corrected chi connectivity index (χ3v) is 3.53. The van der Waals surface area contributed by atoms with E-state index in [0.29, 0.717) is 0 Å². The van der Waals surface area contributed by atoms with E-state index in [1.165, 1.54) is 18.6 Å². The Hall–Kier alpha value is -1.39. The van der Waals surface area contributed by atoms with Gasteiger partial charge in [0.05, 0.1) is 0 Å². The largest absolute Gasteiger partial charge is 0.573 e. The molecular weight excluding hydrogens is 255 g/mol. The summed E-state index contributed by atoms with van der Waals surface area (Å²) in [6.45, 7) is 5.26. The van der Waals surface area contributed by atoms with Crippen LogP contribution in [0.25, 0.3) is 0 Å². The van der Waals surface area contributed by atoms with E-state index in [1.54, 1.807) is 12.1 Å². The van der Waals surface area contributed by atoms with Gasteiger partial charge in [0.15, 0.2) is 0 Å². The molecule has 0 aromatic heterocycles. The van der Waals surface area contributed by atoms with Gasteiger partial charge in [0.25, 0.3) is 0 Å². The summed E-state index contributed by atoms with van der Waals surface area (Å²) >= 11 is 0. The minimum atomic E-state index is -4.63. The summed E-state index contributed by atoms with van der Waals surface area (Å²) in [7, 11) is 0. The fourth-order valence-electron chi connectivity index (χ4n) is 2.57. The average molecular weight is 273 g/mol. The van der Waals surface area contributed by atoms with Crippen LogP contribution >= 0.6 is 0 Å². The molecule has 0 aliphatic carbocycles. The molecule has 0 N–H and O–H groups in total. The van der Waals surface area contributed by atoms with E-state index in [0.717, 1.165) is 25.1 Å². The third kappa shape index (κ3) is 3.55. The Labute approximate surface area is 111 Å². The van der Waals surface area contributed by atoms with E-state index < -0.39 is 6.36 Å². The highest BCUT2D eigenvalue weighted by atomic mass is 19.4. The Balaban J connectivity index is 2.13. The molecule has 1 aliphatic rings. The number of piperidine rings is 1. The van der Waals surface area contributed by atoms with Crippen LogP contribution in [-0.2, 0) is 0 Å². The number of alkyl halides is 3. The Bertz CT molecular complexity index is 425. The number of ether oxygens (including phenoxy) is 1. The van der Waals surface area contributed by atoms with Gasteiger partial charge in [-0.05, 0) is 57.4 Å². The van der Waals surface area contributed by atoms with Crippen molar-refractivity contribution in [2.75, 3.05) is 11.4 Å². The molecule has 2 nitrogen and oxygen atoms in total. The first-order chi connectivity index (χ1) is 8.78. The monoisotopic (exact) mass is 273 g/mol. The number of rotatable bonds is 2. The van der Waals surface area contributed by atoms with E-state index in [4.69, 9.17) is 0 Å². The topological polar surface area (TPSA) is 12.5 Å². The zero-order chi connectivity index (χ0) is 14.1. The molecule has 1 aromatic carbocycles. The molecule has 0 radical (unpaired) electrons. The lowest BCUT2D eigenvalue weighted by Crippen LogP contribution is -2.47. The number of hydrogen-bond donors (Lipinski definition) is 0. The second kappa shape index (κ2) is 4.94. The minimum absolute atomic E-state index is 0.0463. The highest BCUT2D eigenvalue weighted by molar-refractivity contribution is 5.51. The molecule has 1 aromatic rings. The van der Waals surface area contributed by atoms with Crippen molar-refractivity contribution in [3.63, 3.8) is 0 Å². The summed E-state index contributed by atoms with van der Waals surface area (Å²) in [6, 6.07) is 6.11. The van der Waals surface area contributed by atoms with Gasteiger partial charge in [-0.2, -0.15) is 0 Å². The van der Waals surface area contributed by atoms with Crippen LogP contribution in [0.1, 0.15) is 33.1 Å². The van der Waals surface area contributed by atoms with E-state index >= 15 is 0 Å². The lowest BCUT2D eigenvalue weighted by Gasteiger charge is -2.44.